The molecule has 1 rings (SSSR count). The van der Waals surface area contributed by atoms with Crippen molar-refractivity contribution in [1.82, 2.24) is 4.72 Å². The summed E-state index contributed by atoms with van der Waals surface area (Å²) in [6.45, 7) is 1.94. The molecule has 0 spiro atoms. The number of hydrogen-bond donors (Lipinski definition) is 1. The van der Waals surface area contributed by atoms with Crippen LogP contribution in [0, 0.1) is 11.8 Å². The van der Waals surface area contributed by atoms with Crippen LogP contribution in [0.2, 0.25) is 10.0 Å². The molecule has 0 saturated heterocycles. The molecule has 0 fully saturated rings. The number of benzene rings is 1. The Balaban J connectivity index is 2.88. The number of rotatable bonds is 4. The quantitative estimate of drug-likeness (QED) is 0.685. The van der Waals surface area contributed by atoms with E-state index in [1.165, 1.54) is 18.2 Å². The summed E-state index contributed by atoms with van der Waals surface area (Å²) < 4.78 is 26.1. The Labute approximate surface area is 111 Å². The van der Waals surface area contributed by atoms with E-state index < -0.39 is 10.0 Å². The average Bonchev–Trinajstić information content (AvgIpc) is 2.28. The van der Waals surface area contributed by atoms with Crippen LogP contribution in [0.3, 0.4) is 0 Å². The minimum atomic E-state index is -3.63. The predicted octanol–water partition coefficient (Wildman–Crippen LogP) is 2.69. The van der Waals surface area contributed by atoms with E-state index >= 15 is 0 Å². The van der Waals surface area contributed by atoms with E-state index in [-0.39, 0.29) is 16.5 Å². The van der Waals surface area contributed by atoms with Crippen LogP contribution in [0.25, 0.3) is 0 Å². The average molecular weight is 292 g/mol. The first-order chi connectivity index (χ1) is 7.97. The van der Waals surface area contributed by atoms with Crippen molar-refractivity contribution in [3.05, 3.63) is 28.2 Å². The molecule has 1 N–H and O–H groups in total. The van der Waals surface area contributed by atoms with Gasteiger partial charge in [-0.15, -0.1) is 11.8 Å². The predicted molar refractivity (Wildman–Crippen MR) is 69.7 cm³/mol. The van der Waals surface area contributed by atoms with Gasteiger partial charge in [0.1, 0.15) is 4.90 Å². The highest BCUT2D eigenvalue weighted by molar-refractivity contribution is 7.89. The third kappa shape index (κ3) is 4.21. The van der Waals surface area contributed by atoms with Gasteiger partial charge in [-0.25, -0.2) is 13.1 Å². The fourth-order valence-corrected chi connectivity index (χ4v) is 2.93. The zero-order valence-electron chi connectivity index (χ0n) is 9.13. The highest BCUT2D eigenvalue weighted by atomic mass is 35.5. The van der Waals surface area contributed by atoms with Gasteiger partial charge < -0.3 is 0 Å². The van der Waals surface area contributed by atoms with Crippen LogP contribution in [0.15, 0.2) is 23.1 Å². The van der Waals surface area contributed by atoms with Crippen molar-refractivity contribution in [3.8, 4) is 11.8 Å². The second-order valence-corrected chi connectivity index (χ2v) is 5.73. The van der Waals surface area contributed by atoms with Crippen LogP contribution in [0.1, 0.15) is 13.3 Å². The molecule has 0 aromatic heterocycles. The summed E-state index contributed by atoms with van der Waals surface area (Å²) in [5.41, 5.74) is 0. The van der Waals surface area contributed by atoms with E-state index in [1.807, 2.05) is 0 Å². The molecule has 6 heteroatoms. The standard InChI is InChI=1S/C11H11Cl2NO2S/c1-2-3-4-7-14-17(15,16)11-8-9(12)5-6-10(11)13/h5-6,8,14H,4,7H2,1H3. The lowest BCUT2D eigenvalue weighted by Crippen LogP contribution is -2.24. The van der Waals surface area contributed by atoms with Gasteiger partial charge in [-0.2, -0.15) is 0 Å². The molecule has 3 nitrogen and oxygen atoms in total. The maximum absolute atomic E-state index is 11.9. The number of nitrogens with one attached hydrogen (secondary N) is 1. The molecule has 0 aliphatic carbocycles. The Morgan fingerprint density at radius 1 is 1.35 bits per heavy atom. The van der Waals surface area contributed by atoms with Crippen LogP contribution >= 0.6 is 23.2 Å². The van der Waals surface area contributed by atoms with Gasteiger partial charge in [-0.3, -0.25) is 0 Å². The van der Waals surface area contributed by atoms with Crippen molar-refractivity contribution in [1.29, 1.82) is 0 Å². The highest BCUT2D eigenvalue weighted by Crippen LogP contribution is 2.24. The monoisotopic (exact) mass is 291 g/mol. The topological polar surface area (TPSA) is 46.2 Å². The normalized spacial score (nSPS) is 10.8. The van der Waals surface area contributed by atoms with Crippen molar-refractivity contribution in [3.63, 3.8) is 0 Å². The van der Waals surface area contributed by atoms with E-state index in [0.717, 1.165) is 0 Å². The number of hydrogen-bond acceptors (Lipinski definition) is 2. The second-order valence-electron chi connectivity index (χ2n) is 3.15. The molecule has 0 saturated carbocycles. The van der Waals surface area contributed by atoms with Crippen molar-refractivity contribution < 1.29 is 8.42 Å². The van der Waals surface area contributed by atoms with E-state index in [1.54, 1.807) is 6.92 Å². The van der Waals surface area contributed by atoms with Gasteiger partial charge in [-0.1, -0.05) is 23.2 Å². The summed E-state index contributed by atoms with van der Waals surface area (Å²) in [4.78, 5) is -0.0175. The molecule has 1 aromatic carbocycles. The molecule has 1 aromatic rings. The van der Waals surface area contributed by atoms with Gasteiger partial charge in [-0.05, 0) is 25.1 Å². The Morgan fingerprint density at radius 2 is 2.06 bits per heavy atom. The van der Waals surface area contributed by atoms with Crippen LogP contribution in [0.5, 0.6) is 0 Å². The van der Waals surface area contributed by atoms with E-state index in [4.69, 9.17) is 23.2 Å². The maximum Gasteiger partial charge on any atom is 0.242 e. The van der Waals surface area contributed by atoms with Gasteiger partial charge in [0.2, 0.25) is 10.0 Å². The molecule has 0 amide bonds. The van der Waals surface area contributed by atoms with E-state index in [0.29, 0.717) is 11.4 Å². The number of halogens is 2. The first kappa shape index (κ1) is 14.3. The summed E-state index contributed by atoms with van der Waals surface area (Å²) in [5, 5.41) is 0.464. The molecule has 0 aliphatic heterocycles. The third-order valence-electron chi connectivity index (χ3n) is 1.90. The van der Waals surface area contributed by atoms with Crippen LogP contribution < -0.4 is 4.72 Å². The molecular formula is C11H11Cl2NO2S. The van der Waals surface area contributed by atoms with Crippen molar-refractivity contribution >= 4 is 33.2 Å². The van der Waals surface area contributed by atoms with Gasteiger partial charge in [0, 0.05) is 18.0 Å². The smallest absolute Gasteiger partial charge is 0.210 e. The van der Waals surface area contributed by atoms with E-state index in [9.17, 15) is 8.42 Å². The van der Waals surface area contributed by atoms with Crippen molar-refractivity contribution in [2.24, 2.45) is 0 Å². The molecule has 17 heavy (non-hydrogen) atoms. The summed E-state index contributed by atoms with van der Waals surface area (Å²) in [7, 11) is -3.63. The lowest BCUT2D eigenvalue weighted by Gasteiger charge is -2.07. The Hall–Kier alpha value is -0.730. The van der Waals surface area contributed by atoms with Gasteiger partial charge in [0.05, 0.1) is 5.02 Å². The van der Waals surface area contributed by atoms with Crippen molar-refractivity contribution in [2.75, 3.05) is 6.54 Å². The Bertz CT molecular complexity index is 559. The first-order valence-electron chi connectivity index (χ1n) is 4.81. The minimum Gasteiger partial charge on any atom is -0.210 e. The summed E-state index contributed by atoms with van der Waals surface area (Å²) >= 11 is 11.5. The molecular weight excluding hydrogens is 281 g/mol. The fraction of sp³-hybridized carbons (Fsp3) is 0.273. The van der Waals surface area contributed by atoms with Crippen LogP contribution in [-0.4, -0.2) is 15.0 Å². The zero-order chi connectivity index (χ0) is 12.9. The zero-order valence-corrected chi connectivity index (χ0v) is 11.5. The highest BCUT2D eigenvalue weighted by Gasteiger charge is 2.17. The molecule has 0 atom stereocenters. The number of sulfonamides is 1. The lowest BCUT2D eigenvalue weighted by molar-refractivity contribution is 0.582. The van der Waals surface area contributed by atoms with E-state index in [2.05, 4.69) is 16.6 Å². The maximum atomic E-state index is 11.9. The molecule has 0 bridgehead atoms. The second kappa shape index (κ2) is 6.27. The van der Waals surface area contributed by atoms with Gasteiger partial charge >= 0.3 is 0 Å². The summed E-state index contributed by atoms with van der Waals surface area (Å²) in [6, 6.07) is 4.30. The Morgan fingerprint density at radius 3 is 2.71 bits per heavy atom. The Kier molecular flexibility index (Phi) is 5.29. The minimum absolute atomic E-state index is 0.0175. The summed E-state index contributed by atoms with van der Waals surface area (Å²) in [6.07, 6.45) is 0.452. The van der Waals surface area contributed by atoms with Gasteiger partial charge in [0.15, 0.2) is 0 Å². The summed E-state index contributed by atoms with van der Waals surface area (Å²) in [5.74, 6) is 5.44. The van der Waals surface area contributed by atoms with Gasteiger partial charge in [0.25, 0.3) is 0 Å². The molecule has 0 unspecified atom stereocenters. The van der Waals surface area contributed by atoms with Crippen LogP contribution in [-0.2, 0) is 10.0 Å². The van der Waals surface area contributed by atoms with Crippen molar-refractivity contribution in [2.45, 2.75) is 18.2 Å². The lowest BCUT2D eigenvalue weighted by atomic mass is 10.4. The largest absolute Gasteiger partial charge is 0.242 e. The molecule has 0 aliphatic rings. The third-order valence-corrected chi connectivity index (χ3v) is 4.08. The first-order valence-corrected chi connectivity index (χ1v) is 7.05. The molecule has 0 heterocycles. The van der Waals surface area contributed by atoms with Crippen LogP contribution in [0.4, 0.5) is 0 Å². The SMILES string of the molecule is CC#CCCNS(=O)(=O)c1cc(Cl)ccc1Cl. The molecule has 0 radical (unpaired) electrons. The fourth-order valence-electron chi connectivity index (χ4n) is 1.13. The molecule has 92 valence electrons.